The Hall–Kier alpha value is -2.64. The molecule has 1 aromatic carbocycles. The third kappa shape index (κ3) is 3.87. The molecule has 1 saturated heterocycles. The summed E-state index contributed by atoms with van der Waals surface area (Å²) in [6.07, 6.45) is 6.55. The van der Waals surface area contributed by atoms with E-state index in [1.807, 2.05) is 19.2 Å². The maximum atomic E-state index is 5.92. The van der Waals surface area contributed by atoms with Gasteiger partial charge >= 0.3 is 0 Å². The van der Waals surface area contributed by atoms with E-state index < -0.39 is 0 Å². The lowest BCUT2D eigenvalue weighted by molar-refractivity contribution is 0.0954. The van der Waals surface area contributed by atoms with Gasteiger partial charge in [0.2, 0.25) is 5.78 Å². The normalized spacial score (nSPS) is 16.5. The first-order valence-electron chi connectivity index (χ1n) is 10.3. The summed E-state index contributed by atoms with van der Waals surface area (Å²) in [6, 6.07) is 12.5. The van der Waals surface area contributed by atoms with Gasteiger partial charge in [-0.05, 0) is 38.3 Å². The minimum Gasteiger partial charge on any atom is -0.376 e. The van der Waals surface area contributed by atoms with E-state index >= 15 is 0 Å². The molecular formula is C23H25N5OS. The number of hydrogen-bond donors (Lipinski definition) is 0. The van der Waals surface area contributed by atoms with E-state index in [2.05, 4.69) is 57.4 Å². The molecule has 0 saturated carbocycles. The number of hydrogen-bond acceptors (Lipinski definition) is 5. The van der Waals surface area contributed by atoms with Crippen LogP contribution in [0.5, 0.6) is 0 Å². The van der Waals surface area contributed by atoms with Gasteiger partial charge in [0.15, 0.2) is 5.16 Å². The summed E-state index contributed by atoms with van der Waals surface area (Å²) in [5.74, 6) is 1.51. The third-order valence-corrected chi connectivity index (χ3v) is 6.48. The Balaban J connectivity index is 1.42. The van der Waals surface area contributed by atoms with E-state index in [0.29, 0.717) is 0 Å². The van der Waals surface area contributed by atoms with Crippen molar-refractivity contribution in [3.63, 3.8) is 0 Å². The van der Waals surface area contributed by atoms with Crippen LogP contribution in [0.4, 0.5) is 0 Å². The predicted molar refractivity (Wildman–Crippen MR) is 119 cm³/mol. The van der Waals surface area contributed by atoms with Gasteiger partial charge in [0.25, 0.3) is 0 Å². The smallest absolute Gasteiger partial charge is 0.234 e. The molecule has 1 fully saturated rings. The van der Waals surface area contributed by atoms with Gasteiger partial charge in [0.1, 0.15) is 0 Å². The molecule has 5 rings (SSSR count). The molecular weight excluding hydrogens is 394 g/mol. The number of aryl methyl sites for hydroxylation is 2. The first-order chi connectivity index (χ1) is 14.7. The second-order valence-electron chi connectivity index (χ2n) is 7.77. The Morgan fingerprint density at radius 3 is 2.83 bits per heavy atom. The van der Waals surface area contributed by atoms with Crippen LogP contribution in [-0.4, -0.2) is 36.6 Å². The van der Waals surface area contributed by atoms with E-state index in [-0.39, 0.29) is 6.10 Å². The largest absolute Gasteiger partial charge is 0.376 e. The molecule has 1 aliphatic rings. The average Bonchev–Trinajstić information content (AvgIpc) is 3.48. The van der Waals surface area contributed by atoms with Crippen LogP contribution >= 0.6 is 11.8 Å². The highest BCUT2D eigenvalue weighted by atomic mass is 32.2. The molecule has 1 aliphatic heterocycles. The Bertz CT molecular complexity index is 1160. The first kappa shape index (κ1) is 19.3. The lowest BCUT2D eigenvalue weighted by atomic mass is 10.1. The highest BCUT2D eigenvalue weighted by Crippen LogP contribution is 2.30. The maximum Gasteiger partial charge on any atom is 0.234 e. The molecule has 4 heterocycles. The summed E-state index contributed by atoms with van der Waals surface area (Å²) >= 11 is 1.72. The summed E-state index contributed by atoms with van der Waals surface area (Å²) in [5.41, 5.74) is 5.46. The molecule has 0 spiro atoms. The van der Waals surface area contributed by atoms with Gasteiger partial charge in [-0.15, -0.1) is 0 Å². The number of thioether (sulfide) groups is 1. The summed E-state index contributed by atoms with van der Waals surface area (Å²) < 4.78 is 10.3. The van der Waals surface area contributed by atoms with Crippen molar-refractivity contribution in [3.8, 4) is 11.3 Å². The van der Waals surface area contributed by atoms with E-state index in [1.54, 1.807) is 11.8 Å². The molecule has 0 N–H and O–H groups in total. The molecule has 7 heteroatoms. The third-order valence-electron chi connectivity index (χ3n) is 5.46. The quantitative estimate of drug-likeness (QED) is 0.425. The molecule has 4 aromatic rings. The minimum atomic E-state index is 0.256. The number of nitrogens with zero attached hydrogens (tertiary/aromatic N) is 5. The number of imidazole rings is 2. The molecule has 1 atom stereocenters. The zero-order valence-corrected chi connectivity index (χ0v) is 18.1. The summed E-state index contributed by atoms with van der Waals surface area (Å²) in [6.45, 7) is 5.77. The van der Waals surface area contributed by atoms with Crippen LogP contribution in [0.2, 0.25) is 0 Å². The molecule has 0 aliphatic carbocycles. The molecule has 6 nitrogen and oxygen atoms in total. The molecule has 0 amide bonds. The fraction of sp³-hybridized carbons (Fsp3) is 0.348. The van der Waals surface area contributed by atoms with Crippen LogP contribution in [0.3, 0.4) is 0 Å². The highest BCUT2D eigenvalue weighted by Gasteiger charge is 2.21. The lowest BCUT2D eigenvalue weighted by Gasteiger charge is -2.16. The van der Waals surface area contributed by atoms with Crippen molar-refractivity contribution in [1.82, 2.24) is 23.9 Å². The van der Waals surface area contributed by atoms with Crippen molar-refractivity contribution in [1.29, 1.82) is 0 Å². The number of ether oxygens (including phenoxy) is 1. The van der Waals surface area contributed by atoms with Crippen molar-refractivity contribution in [3.05, 3.63) is 65.9 Å². The monoisotopic (exact) mass is 419 g/mol. The van der Waals surface area contributed by atoms with Gasteiger partial charge < -0.3 is 9.30 Å². The zero-order chi connectivity index (χ0) is 20.5. The maximum absolute atomic E-state index is 5.92. The fourth-order valence-corrected chi connectivity index (χ4v) is 4.88. The van der Waals surface area contributed by atoms with Crippen LogP contribution in [0.15, 0.2) is 53.9 Å². The Morgan fingerprint density at radius 2 is 2.03 bits per heavy atom. The van der Waals surface area contributed by atoms with E-state index in [1.165, 1.54) is 5.56 Å². The van der Waals surface area contributed by atoms with E-state index in [9.17, 15) is 0 Å². The highest BCUT2D eigenvalue weighted by molar-refractivity contribution is 7.98. The van der Waals surface area contributed by atoms with Crippen LogP contribution in [0.25, 0.3) is 17.0 Å². The van der Waals surface area contributed by atoms with Gasteiger partial charge in [-0.1, -0.05) is 42.1 Å². The Kier molecular flexibility index (Phi) is 5.31. The van der Waals surface area contributed by atoms with Crippen molar-refractivity contribution < 1.29 is 4.74 Å². The van der Waals surface area contributed by atoms with Crippen LogP contribution in [0.1, 0.15) is 29.9 Å². The molecule has 1 unspecified atom stereocenters. The van der Waals surface area contributed by atoms with Gasteiger partial charge in [-0.25, -0.2) is 15.0 Å². The van der Waals surface area contributed by atoms with Gasteiger partial charge in [-0.2, -0.15) is 0 Å². The summed E-state index contributed by atoms with van der Waals surface area (Å²) in [7, 11) is 0. The van der Waals surface area contributed by atoms with Crippen LogP contribution in [0, 0.1) is 13.8 Å². The molecule has 0 radical (unpaired) electrons. The topological polar surface area (TPSA) is 57.2 Å². The standard InChI is InChI=1S/C23H25N5OS/c1-16-11-17(2)27-13-19(26-22(27)25-16)15-30-23-24-12-21(18-7-4-3-5-8-18)28(23)14-20-9-6-10-29-20/h3-5,7-8,11-13,20H,6,9-10,14-15H2,1-2H3. The number of fused-ring (bicyclic) bond motifs is 1. The van der Waals surface area contributed by atoms with E-state index in [4.69, 9.17) is 14.7 Å². The minimum absolute atomic E-state index is 0.256. The number of rotatable bonds is 6. The van der Waals surface area contributed by atoms with E-state index in [0.717, 1.165) is 65.5 Å². The fourth-order valence-electron chi connectivity index (χ4n) is 4.01. The second-order valence-corrected chi connectivity index (χ2v) is 8.71. The van der Waals surface area contributed by atoms with Crippen molar-refractivity contribution in [2.45, 2.75) is 50.2 Å². The van der Waals surface area contributed by atoms with Crippen LogP contribution < -0.4 is 0 Å². The molecule has 3 aromatic heterocycles. The average molecular weight is 420 g/mol. The van der Waals surface area contributed by atoms with Crippen molar-refractivity contribution in [2.24, 2.45) is 0 Å². The zero-order valence-electron chi connectivity index (χ0n) is 17.3. The first-order valence-corrected chi connectivity index (χ1v) is 11.3. The SMILES string of the molecule is Cc1cc(C)n2cc(CSc3ncc(-c4ccccc4)n3CC3CCCO3)nc2n1. The number of aromatic nitrogens is 5. The Morgan fingerprint density at radius 1 is 1.17 bits per heavy atom. The van der Waals surface area contributed by atoms with Crippen LogP contribution in [-0.2, 0) is 17.0 Å². The second kappa shape index (κ2) is 8.24. The number of benzene rings is 1. The van der Waals surface area contributed by atoms with Crippen molar-refractivity contribution in [2.75, 3.05) is 6.61 Å². The van der Waals surface area contributed by atoms with Crippen molar-refractivity contribution >= 4 is 17.5 Å². The van der Waals surface area contributed by atoms with Gasteiger partial charge in [0, 0.05) is 29.9 Å². The molecule has 154 valence electrons. The summed E-state index contributed by atoms with van der Waals surface area (Å²) in [5, 5.41) is 1.00. The molecule has 0 bridgehead atoms. The Labute approximate surface area is 180 Å². The molecule has 30 heavy (non-hydrogen) atoms. The van der Waals surface area contributed by atoms with Gasteiger partial charge in [0.05, 0.1) is 30.2 Å². The summed E-state index contributed by atoms with van der Waals surface area (Å²) in [4.78, 5) is 14.0. The predicted octanol–water partition coefficient (Wildman–Crippen LogP) is 4.68. The lowest BCUT2D eigenvalue weighted by Crippen LogP contribution is -2.16. The van der Waals surface area contributed by atoms with Gasteiger partial charge in [-0.3, -0.25) is 4.40 Å².